The number of nitrogens with zero attached hydrogens (tertiary/aromatic N) is 2. The number of likely N-dealkylation sites (tertiary alicyclic amines) is 1. The SMILES string of the molecule is Cc1ccc([C@@H]2CCCCN2C(=O)NCC(=O)N(C)C)cc1. The van der Waals surface area contributed by atoms with Crippen LogP contribution in [0.1, 0.15) is 36.4 Å². The number of amides is 3. The highest BCUT2D eigenvalue weighted by Gasteiger charge is 2.28. The summed E-state index contributed by atoms with van der Waals surface area (Å²) in [5.41, 5.74) is 2.38. The number of aryl methyl sites for hydroxylation is 1. The molecule has 1 aliphatic rings. The molecule has 1 saturated heterocycles. The Kier molecular flexibility index (Phi) is 5.41. The van der Waals surface area contributed by atoms with Crippen LogP contribution in [0.4, 0.5) is 4.79 Å². The molecular formula is C17H25N3O2. The van der Waals surface area contributed by atoms with E-state index in [0.29, 0.717) is 0 Å². The van der Waals surface area contributed by atoms with Gasteiger partial charge in [-0.05, 0) is 31.7 Å². The van der Waals surface area contributed by atoms with Gasteiger partial charge < -0.3 is 15.1 Å². The van der Waals surface area contributed by atoms with Crippen molar-refractivity contribution >= 4 is 11.9 Å². The lowest BCUT2D eigenvalue weighted by atomic mass is 9.95. The number of hydrogen-bond acceptors (Lipinski definition) is 2. The molecule has 0 aliphatic carbocycles. The van der Waals surface area contributed by atoms with Gasteiger partial charge in [0.1, 0.15) is 0 Å². The van der Waals surface area contributed by atoms with Crippen molar-refractivity contribution in [3.05, 3.63) is 35.4 Å². The minimum atomic E-state index is -0.152. The van der Waals surface area contributed by atoms with Gasteiger partial charge in [0.25, 0.3) is 0 Å². The third kappa shape index (κ3) is 4.00. The average Bonchev–Trinajstić information content (AvgIpc) is 2.53. The normalized spacial score (nSPS) is 18.0. The first-order valence-electron chi connectivity index (χ1n) is 7.80. The van der Waals surface area contributed by atoms with E-state index in [0.717, 1.165) is 25.8 Å². The van der Waals surface area contributed by atoms with E-state index in [2.05, 4.69) is 36.5 Å². The molecule has 5 nitrogen and oxygen atoms in total. The smallest absolute Gasteiger partial charge is 0.318 e. The number of hydrogen-bond donors (Lipinski definition) is 1. The van der Waals surface area contributed by atoms with Crippen molar-refractivity contribution in [3.63, 3.8) is 0 Å². The van der Waals surface area contributed by atoms with Gasteiger partial charge in [0, 0.05) is 20.6 Å². The van der Waals surface area contributed by atoms with Crippen molar-refractivity contribution < 1.29 is 9.59 Å². The second-order valence-corrected chi connectivity index (χ2v) is 6.06. The molecule has 120 valence electrons. The summed E-state index contributed by atoms with van der Waals surface area (Å²) < 4.78 is 0. The predicted molar refractivity (Wildman–Crippen MR) is 86.6 cm³/mol. The molecule has 1 atom stereocenters. The summed E-state index contributed by atoms with van der Waals surface area (Å²) in [6.45, 7) is 2.84. The molecule has 0 saturated carbocycles. The topological polar surface area (TPSA) is 52.7 Å². The van der Waals surface area contributed by atoms with Gasteiger partial charge in [-0.15, -0.1) is 0 Å². The van der Waals surface area contributed by atoms with Crippen LogP contribution in [0.3, 0.4) is 0 Å². The van der Waals surface area contributed by atoms with Crippen molar-refractivity contribution in [3.8, 4) is 0 Å². The molecule has 5 heteroatoms. The maximum absolute atomic E-state index is 12.4. The average molecular weight is 303 g/mol. The van der Waals surface area contributed by atoms with Crippen molar-refractivity contribution in [1.29, 1.82) is 0 Å². The molecule has 1 aromatic carbocycles. The van der Waals surface area contributed by atoms with E-state index < -0.39 is 0 Å². The first kappa shape index (κ1) is 16.3. The van der Waals surface area contributed by atoms with E-state index in [1.165, 1.54) is 16.0 Å². The fourth-order valence-corrected chi connectivity index (χ4v) is 2.72. The Hall–Kier alpha value is -2.04. The molecule has 1 fully saturated rings. The zero-order valence-corrected chi connectivity index (χ0v) is 13.6. The number of rotatable bonds is 3. The predicted octanol–water partition coefficient (Wildman–Crippen LogP) is 2.32. The Morgan fingerprint density at radius 1 is 1.23 bits per heavy atom. The van der Waals surface area contributed by atoms with E-state index in [9.17, 15) is 9.59 Å². The van der Waals surface area contributed by atoms with Crippen LogP contribution in [0, 0.1) is 6.92 Å². The number of piperidine rings is 1. The zero-order chi connectivity index (χ0) is 16.1. The fraction of sp³-hybridized carbons (Fsp3) is 0.529. The Morgan fingerprint density at radius 3 is 2.55 bits per heavy atom. The molecule has 22 heavy (non-hydrogen) atoms. The van der Waals surface area contributed by atoms with Crippen molar-refractivity contribution in [1.82, 2.24) is 15.1 Å². The monoisotopic (exact) mass is 303 g/mol. The van der Waals surface area contributed by atoms with Gasteiger partial charge in [-0.2, -0.15) is 0 Å². The Labute approximate surface area is 132 Å². The molecule has 0 radical (unpaired) electrons. The summed E-state index contributed by atoms with van der Waals surface area (Å²) in [5, 5.41) is 2.74. The summed E-state index contributed by atoms with van der Waals surface area (Å²) in [6.07, 6.45) is 3.11. The summed E-state index contributed by atoms with van der Waals surface area (Å²) in [7, 11) is 3.37. The third-order valence-electron chi connectivity index (χ3n) is 4.12. The Balaban J connectivity index is 2.04. The zero-order valence-electron chi connectivity index (χ0n) is 13.6. The van der Waals surface area contributed by atoms with Crippen LogP contribution in [-0.4, -0.2) is 48.9 Å². The second-order valence-electron chi connectivity index (χ2n) is 6.06. The van der Waals surface area contributed by atoms with Crippen molar-refractivity contribution in [2.75, 3.05) is 27.2 Å². The van der Waals surface area contributed by atoms with Crippen molar-refractivity contribution in [2.45, 2.75) is 32.2 Å². The molecule has 1 N–H and O–H groups in total. The molecule has 1 heterocycles. The van der Waals surface area contributed by atoms with Crippen molar-refractivity contribution in [2.24, 2.45) is 0 Å². The molecule has 2 rings (SSSR count). The van der Waals surface area contributed by atoms with E-state index in [1.807, 2.05) is 4.90 Å². The highest BCUT2D eigenvalue weighted by molar-refractivity contribution is 5.83. The molecule has 1 aliphatic heterocycles. The van der Waals surface area contributed by atoms with Crippen LogP contribution in [0.15, 0.2) is 24.3 Å². The van der Waals surface area contributed by atoms with Crippen LogP contribution >= 0.6 is 0 Å². The van der Waals surface area contributed by atoms with Crippen LogP contribution < -0.4 is 5.32 Å². The van der Waals surface area contributed by atoms with Gasteiger partial charge in [-0.3, -0.25) is 4.79 Å². The lowest BCUT2D eigenvalue weighted by molar-refractivity contribution is -0.127. The van der Waals surface area contributed by atoms with Gasteiger partial charge in [-0.25, -0.2) is 4.79 Å². The maximum Gasteiger partial charge on any atom is 0.318 e. The Morgan fingerprint density at radius 2 is 1.91 bits per heavy atom. The number of benzene rings is 1. The van der Waals surface area contributed by atoms with Gasteiger partial charge in [0.05, 0.1) is 12.6 Å². The quantitative estimate of drug-likeness (QED) is 0.931. The minimum Gasteiger partial charge on any atom is -0.347 e. The number of nitrogens with one attached hydrogen (secondary N) is 1. The highest BCUT2D eigenvalue weighted by Crippen LogP contribution is 2.30. The number of carbonyl (C=O) groups excluding carboxylic acids is 2. The molecule has 0 aromatic heterocycles. The molecule has 1 aromatic rings. The summed E-state index contributed by atoms with van der Waals surface area (Å²) >= 11 is 0. The van der Waals surface area contributed by atoms with Crippen LogP contribution in [-0.2, 0) is 4.79 Å². The largest absolute Gasteiger partial charge is 0.347 e. The number of urea groups is 1. The molecule has 0 spiro atoms. The first-order chi connectivity index (χ1) is 10.5. The summed E-state index contributed by atoms with van der Waals surface area (Å²) in [4.78, 5) is 27.4. The Bertz CT molecular complexity index is 525. The summed E-state index contributed by atoms with van der Waals surface area (Å²) in [5.74, 6) is -0.0998. The standard InChI is InChI=1S/C17H25N3O2/c1-13-7-9-14(10-8-13)15-6-4-5-11-20(15)17(22)18-12-16(21)19(2)3/h7-10,15H,4-6,11-12H2,1-3H3,(H,18,22)/t15-/m0/s1. The van der Waals surface area contributed by atoms with Gasteiger partial charge in [0.15, 0.2) is 0 Å². The molecule has 0 bridgehead atoms. The molecule has 0 unspecified atom stereocenters. The van der Waals surface area contributed by atoms with Gasteiger partial charge in [-0.1, -0.05) is 29.8 Å². The summed E-state index contributed by atoms with van der Waals surface area (Å²) in [6, 6.07) is 8.29. The minimum absolute atomic E-state index is 0.0446. The molecular weight excluding hydrogens is 278 g/mol. The van der Waals surface area contributed by atoms with E-state index in [-0.39, 0.29) is 24.5 Å². The van der Waals surface area contributed by atoms with Crippen LogP contribution in [0.5, 0.6) is 0 Å². The number of likely N-dealkylation sites (N-methyl/N-ethyl adjacent to an activating group) is 1. The maximum atomic E-state index is 12.4. The first-order valence-corrected chi connectivity index (χ1v) is 7.80. The van der Waals surface area contributed by atoms with E-state index >= 15 is 0 Å². The molecule has 3 amide bonds. The fourth-order valence-electron chi connectivity index (χ4n) is 2.72. The lowest BCUT2D eigenvalue weighted by Gasteiger charge is -2.36. The lowest BCUT2D eigenvalue weighted by Crippen LogP contribution is -2.47. The van der Waals surface area contributed by atoms with Gasteiger partial charge in [0.2, 0.25) is 5.91 Å². The van der Waals surface area contributed by atoms with E-state index in [1.54, 1.807) is 14.1 Å². The van der Waals surface area contributed by atoms with Crippen LogP contribution in [0.25, 0.3) is 0 Å². The van der Waals surface area contributed by atoms with E-state index in [4.69, 9.17) is 0 Å². The van der Waals surface area contributed by atoms with Gasteiger partial charge >= 0.3 is 6.03 Å². The second kappa shape index (κ2) is 7.29. The number of carbonyl (C=O) groups is 2. The highest BCUT2D eigenvalue weighted by atomic mass is 16.2. The third-order valence-corrected chi connectivity index (χ3v) is 4.12. The van der Waals surface area contributed by atoms with Crippen LogP contribution in [0.2, 0.25) is 0 Å².